The monoisotopic (exact) mass is 392 g/mol. The minimum atomic E-state index is -0.360. The van der Waals surface area contributed by atoms with E-state index in [4.69, 9.17) is 9.84 Å². The molecule has 0 amide bonds. The van der Waals surface area contributed by atoms with Gasteiger partial charge < -0.3 is 10.1 Å². The molecule has 3 heterocycles. The normalized spacial score (nSPS) is 19.8. The van der Waals surface area contributed by atoms with Crippen molar-refractivity contribution >= 4 is 17.4 Å². The van der Waals surface area contributed by atoms with Crippen molar-refractivity contribution < 1.29 is 4.74 Å². The van der Waals surface area contributed by atoms with Crippen molar-refractivity contribution in [3.63, 3.8) is 0 Å². The number of methoxy groups -OCH3 is 1. The van der Waals surface area contributed by atoms with Crippen molar-refractivity contribution in [1.82, 2.24) is 14.8 Å². The van der Waals surface area contributed by atoms with Gasteiger partial charge in [0.05, 0.1) is 7.11 Å². The van der Waals surface area contributed by atoms with E-state index in [2.05, 4.69) is 23.3 Å². The maximum Gasteiger partial charge on any atom is 0.300 e. The molecule has 1 atom stereocenters. The lowest BCUT2D eigenvalue weighted by Crippen LogP contribution is -2.48. The molecule has 5 rings (SSSR count). The van der Waals surface area contributed by atoms with E-state index in [0.717, 1.165) is 46.1 Å². The largest absolute Gasteiger partial charge is 0.497 e. The zero-order chi connectivity index (χ0) is 19.3. The lowest BCUT2D eigenvalue weighted by atomic mass is 9.99. The fourth-order valence-electron chi connectivity index (χ4n) is 3.91. The van der Waals surface area contributed by atoms with Crippen LogP contribution in [0.15, 0.2) is 47.3 Å². The van der Waals surface area contributed by atoms with Gasteiger partial charge in [-0.3, -0.25) is 4.79 Å². The van der Waals surface area contributed by atoms with Crippen LogP contribution in [0, 0.1) is 6.92 Å². The molecule has 2 aromatic carbocycles. The number of fused-ring (bicyclic) bond motifs is 4. The molecule has 2 aliphatic heterocycles. The molecule has 1 saturated heterocycles. The minimum Gasteiger partial charge on any atom is -0.497 e. The van der Waals surface area contributed by atoms with Crippen LogP contribution in [0.2, 0.25) is 0 Å². The summed E-state index contributed by atoms with van der Waals surface area (Å²) in [6.45, 7) is 2.08. The van der Waals surface area contributed by atoms with Gasteiger partial charge in [0, 0.05) is 29.0 Å². The first-order valence-corrected chi connectivity index (χ1v) is 10.4. The number of hydrogen-bond donors (Lipinski definition) is 1. The summed E-state index contributed by atoms with van der Waals surface area (Å²) in [5.74, 6) is 3.30. The van der Waals surface area contributed by atoms with E-state index in [9.17, 15) is 4.79 Å². The van der Waals surface area contributed by atoms with Crippen molar-refractivity contribution in [2.45, 2.75) is 19.0 Å². The van der Waals surface area contributed by atoms with Gasteiger partial charge in [0.25, 0.3) is 5.56 Å². The standard InChI is InChI=1S/C21H20N4O2S/c1-13-4-3-5-16-17(13)23-21(10-11-28-12-21)25-19(16)22-20(26)18(24-25)14-6-8-15(27-2)9-7-14/h3-9,23H,10-12H2,1-2H3. The van der Waals surface area contributed by atoms with Crippen LogP contribution in [0.5, 0.6) is 5.75 Å². The van der Waals surface area contributed by atoms with Crippen LogP contribution in [-0.4, -0.2) is 33.4 Å². The van der Waals surface area contributed by atoms with Crippen molar-refractivity contribution in [3.8, 4) is 28.4 Å². The number of aryl methyl sites for hydroxylation is 1. The fourth-order valence-corrected chi connectivity index (χ4v) is 5.22. The molecule has 28 heavy (non-hydrogen) atoms. The number of thioether (sulfide) groups is 1. The Hall–Kier alpha value is -2.80. The minimum absolute atomic E-state index is 0.313. The summed E-state index contributed by atoms with van der Waals surface area (Å²) in [5, 5.41) is 8.56. The Bertz CT molecular complexity index is 1120. The van der Waals surface area contributed by atoms with E-state index < -0.39 is 0 Å². The maximum atomic E-state index is 12.9. The Labute approximate surface area is 167 Å². The molecule has 1 unspecified atom stereocenters. The molecule has 2 aliphatic rings. The number of nitrogens with zero attached hydrogens (tertiary/aromatic N) is 3. The van der Waals surface area contributed by atoms with Gasteiger partial charge in [-0.1, -0.05) is 12.1 Å². The van der Waals surface area contributed by atoms with E-state index >= 15 is 0 Å². The van der Waals surface area contributed by atoms with Crippen LogP contribution >= 0.6 is 11.8 Å². The quantitative estimate of drug-likeness (QED) is 0.720. The summed E-state index contributed by atoms with van der Waals surface area (Å²) >= 11 is 1.89. The van der Waals surface area contributed by atoms with Gasteiger partial charge in [0.2, 0.25) is 0 Å². The fraction of sp³-hybridized carbons (Fsp3) is 0.286. The van der Waals surface area contributed by atoms with Gasteiger partial charge in [0.15, 0.2) is 11.5 Å². The lowest BCUT2D eigenvalue weighted by Gasteiger charge is -2.39. The Morgan fingerprint density at radius 3 is 2.75 bits per heavy atom. The van der Waals surface area contributed by atoms with Crippen molar-refractivity contribution in [2.24, 2.45) is 0 Å². The number of aromatic nitrogens is 3. The highest BCUT2D eigenvalue weighted by Gasteiger charge is 2.43. The van der Waals surface area contributed by atoms with Crippen LogP contribution in [-0.2, 0) is 5.66 Å². The van der Waals surface area contributed by atoms with Gasteiger partial charge in [-0.25, -0.2) is 4.68 Å². The summed E-state index contributed by atoms with van der Waals surface area (Å²) in [7, 11) is 1.62. The summed E-state index contributed by atoms with van der Waals surface area (Å²) in [5.41, 5.74) is 3.55. The van der Waals surface area contributed by atoms with Crippen molar-refractivity contribution in [1.29, 1.82) is 0 Å². The summed E-state index contributed by atoms with van der Waals surface area (Å²) in [4.78, 5) is 17.4. The number of nitrogens with one attached hydrogen (secondary N) is 1. The van der Waals surface area contributed by atoms with E-state index in [1.807, 2.05) is 52.8 Å². The Morgan fingerprint density at radius 1 is 1.21 bits per heavy atom. The van der Waals surface area contributed by atoms with E-state index in [1.165, 1.54) is 0 Å². The molecule has 0 bridgehead atoms. The highest BCUT2D eigenvalue weighted by atomic mass is 32.2. The molecular weight excluding hydrogens is 372 g/mol. The highest BCUT2D eigenvalue weighted by molar-refractivity contribution is 7.99. The molecule has 142 valence electrons. The van der Waals surface area contributed by atoms with Crippen LogP contribution < -0.4 is 15.6 Å². The van der Waals surface area contributed by atoms with Crippen LogP contribution in [0.4, 0.5) is 5.69 Å². The molecule has 1 spiro atoms. The lowest BCUT2D eigenvalue weighted by molar-refractivity contribution is 0.332. The molecule has 1 fully saturated rings. The van der Waals surface area contributed by atoms with Crippen LogP contribution in [0.1, 0.15) is 12.0 Å². The first-order valence-electron chi connectivity index (χ1n) is 9.23. The van der Waals surface area contributed by atoms with E-state index in [1.54, 1.807) is 7.11 Å². The zero-order valence-corrected chi connectivity index (χ0v) is 16.5. The SMILES string of the molecule is COc1ccc(-c2nn3c(nc2=O)-c2cccc(C)c2NC32CCSC2)cc1. The number of para-hydroxylation sites is 1. The Morgan fingerprint density at radius 2 is 2.04 bits per heavy atom. The summed E-state index contributed by atoms with van der Waals surface area (Å²) in [6.07, 6.45) is 0.929. The van der Waals surface area contributed by atoms with Crippen molar-refractivity contribution in [3.05, 3.63) is 58.4 Å². The molecule has 6 nitrogen and oxygen atoms in total. The van der Waals surface area contributed by atoms with E-state index in [-0.39, 0.29) is 11.2 Å². The molecule has 3 aromatic rings. The molecular formula is C21H20N4O2S. The first-order chi connectivity index (χ1) is 13.6. The third-order valence-electron chi connectivity index (χ3n) is 5.45. The predicted molar refractivity (Wildman–Crippen MR) is 112 cm³/mol. The predicted octanol–water partition coefficient (Wildman–Crippen LogP) is 3.50. The number of hydrogen-bond acceptors (Lipinski definition) is 6. The molecule has 1 N–H and O–H groups in total. The molecule has 1 aromatic heterocycles. The van der Waals surface area contributed by atoms with Gasteiger partial charge >= 0.3 is 0 Å². The average molecular weight is 392 g/mol. The first kappa shape index (κ1) is 17.3. The summed E-state index contributed by atoms with van der Waals surface area (Å²) in [6, 6.07) is 13.4. The highest BCUT2D eigenvalue weighted by Crippen LogP contribution is 2.44. The van der Waals surface area contributed by atoms with E-state index in [0.29, 0.717) is 11.5 Å². The number of ether oxygens (including phenoxy) is 1. The van der Waals surface area contributed by atoms with Crippen LogP contribution in [0.25, 0.3) is 22.6 Å². The third-order valence-corrected chi connectivity index (χ3v) is 6.63. The van der Waals surface area contributed by atoms with Gasteiger partial charge in [-0.05, 0) is 48.6 Å². The second kappa shape index (κ2) is 6.38. The second-order valence-corrected chi connectivity index (χ2v) is 8.29. The van der Waals surface area contributed by atoms with Gasteiger partial charge in [-0.15, -0.1) is 0 Å². The Kier molecular flexibility index (Phi) is 3.94. The number of anilines is 1. The molecule has 0 aliphatic carbocycles. The zero-order valence-electron chi connectivity index (χ0n) is 15.7. The topological polar surface area (TPSA) is 69.0 Å². The van der Waals surface area contributed by atoms with Crippen LogP contribution in [0.3, 0.4) is 0 Å². The molecule has 0 saturated carbocycles. The van der Waals surface area contributed by atoms with Gasteiger partial charge in [-0.2, -0.15) is 21.8 Å². The van der Waals surface area contributed by atoms with Crippen molar-refractivity contribution in [2.75, 3.05) is 23.9 Å². The number of benzene rings is 2. The Balaban J connectivity index is 1.75. The molecule has 0 radical (unpaired) electrons. The number of rotatable bonds is 2. The average Bonchev–Trinajstić information content (AvgIpc) is 3.18. The third kappa shape index (κ3) is 2.53. The second-order valence-electron chi connectivity index (χ2n) is 7.19. The molecule has 7 heteroatoms. The van der Waals surface area contributed by atoms with Gasteiger partial charge in [0.1, 0.15) is 11.4 Å². The summed E-state index contributed by atoms with van der Waals surface area (Å²) < 4.78 is 7.16. The maximum absolute atomic E-state index is 12.9. The smallest absolute Gasteiger partial charge is 0.300 e.